The van der Waals surface area contributed by atoms with E-state index in [1.165, 1.54) is 0 Å². The maximum Gasteiger partial charge on any atom is 0.306 e. The third kappa shape index (κ3) is 7.32. The van der Waals surface area contributed by atoms with Crippen LogP contribution in [0.4, 0.5) is 0 Å². The number of amides is 1. The third-order valence-electron chi connectivity index (χ3n) is 4.28. The summed E-state index contributed by atoms with van der Waals surface area (Å²) in [6, 6.07) is 16.5. The van der Waals surface area contributed by atoms with Gasteiger partial charge in [0.15, 0.2) is 0 Å². The van der Waals surface area contributed by atoms with Crippen molar-refractivity contribution in [3.05, 3.63) is 65.7 Å². The molecule has 0 spiro atoms. The number of carbonyl (C=O) groups excluding carboxylic acids is 1. The Kier molecular flexibility index (Phi) is 8.02. The zero-order valence-corrected chi connectivity index (χ0v) is 17.3. The van der Waals surface area contributed by atoms with E-state index < -0.39 is 10.1 Å². The minimum Gasteiger partial charge on any atom is -0.383 e. The Morgan fingerprint density at radius 3 is 2.39 bits per heavy atom. The maximum atomic E-state index is 12.7. The zero-order chi connectivity index (χ0) is 20.6. The Hall–Kier alpha value is -2.38. The molecule has 0 saturated heterocycles. The molecule has 0 fully saturated rings. The molecule has 0 aliphatic rings. The normalized spacial score (nSPS) is 12.4. The molecular weight excluding hydrogens is 378 g/mol. The van der Waals surface area contributed by atoms with E-state index >= 15 is 0 Å². The number of ether oxygens (including phenoxy) is 1. The fourth-order valence-electron chi connectivity index (χ4n) is 2.69. The molecule has 2 aromatic carbocycles. The lowest BCUT2D eigenvalue weighted by molar-refractivity contribution is -0.139. The molecule has 0 bridgehead atoms. The highest BCUT2D eigenvalue weighted by Crippen LogP contribution is 2.18. The molecule has 152 valence electrons. The van der Waals surface area contributed by atoms with Crippen LogP contribution in [-0.4, -0.2) is 38.1 Å². The number of hydrogen-bond donors (Lipinski definition) is 0. The van der Waals surface area contributed by atoms with Crippen LogP contribution < -0.4 is 4.18 Å². The summed E-state index contributed by atoms with van der Waals surface area (Å²) in [6.07, 6.45) is 1.79. The molecule has 0 aliphatic heterocycles. The Labute approximate surface area is 167 Å². The van der Waals surface area contributed by atoms with E-state index in [1.54, 1.807) is 23.1 Å². The smallest absolute Gasteiger partial charge is 0.306 e. The topological polar surface area (TPSA) is 72.9 Å². The van der Waals surface area contributed by atoms with Gasteiger partial charge < -0.3 is 13.8 Å². The van der Waals surface area contributed by atoms with E-state index in [9.17, 15) is 13.2 Å². The number of nitrogens with zero attached hydrogens (tertiary/aromatic N) is 1. The van der Waals surface area contributed by atoms with Crippen LogP contribution in [0.3, 0.4) is 0 Å². The van der Waals surface area contributed by atoms with Gasteiger partial charge in [0.05, 0.1) is 12.9 Å². The summed E-state index contributed by atoms with van der Waals surface area (Å²) >= 11 is 0. The van der Waals surface area contributed by atoms with Gasteiger partial charge in [-0.15, -0.1) is 0 Å². The average molecular weight is 406 g/mol. The van der Waals surface area contributed by atoms with Crippen LogP contribution in [0.25, 0.3) is 0 Å². The second kappa shape index (κ2) is 10.2. The Balaban J connectivity index is 2.02. The molecule has 0 unspecified atom stereocenters. The van der Waals surface area contributed by atoms with Crippen molar-refractivity contribution >= 4 is 16.0 Å². The minimum absolute atomic E-state index is 0.0151. The fraction of sp³-hybridized carbons (Fsp3) is 0.381. The molecule has 7 heteroatoms. The number of hydrogen-bond acceptors (Lipinski definition) is 5. The van der Waals surface area contributed by atoms with Crippen LogP contribution in [0.1, 0.15) is 31.4 Å². The van der Waals surface area contributed by atoms with E-state index in [2.05, 4.69) is 0 Å². The van der Waals surface area contributed by atoms with E-state index in [-0.39, 0.29) is 24.3 Å². The van der Waals surface area contributed by atoms with Crippen molar-refractivity contribution < 1.29 is 22.1 Å². The molecule has 0 saturated carbocycles. The maximum absolute atomic E-state index is 12.7. The highest BCUT2D eigenvalue weighted by molar-refractivity contribution is 7.86. The van der Waals surface area contributed by atoms with Gasteiger partial charge in [0.2, 0.25) is 5.91 Å². The van der Waals surface area contributed by atoms with Gasteiger partial charge in [0, 0.05) is 12.6 Å². The highest BCUT2D eigenvalue weighted by atomic mass is 32.2. The molecule has 0 heterocycles. The predicted octanol–water partition coefficient (Wildman–Crippen LogP) is 3.37. The Bertz CT molecular complexity index is 867. The van der Waals surface area contributed by atoms with Gasteiger partial charge in [-0.1, -0.05) is 49.4 Å². The number of carbonyl (C=O) groups is 1. The van der Waals surface area contributed by atoms with E-state index in [0.29, 0.717) is 13.2 Å². The van der Waals surface area contributed by atoms with Crippen LogP contribution in [0.15, 0.2) is 54.6 Å². The van der Waals surface area contributed by atoms with Gasteiger partial charge in [0.25, 0.3) is 0 Å². The molecule has 1 amide bonds. The summed E-state index contributed by atoms with van der Waals surface area (Å²) in [5.74, 6) is 0.122. The molecular formula is C21H27NO5S. The van der Waals surface area contributed by atoms with Gasteiger partial charge in [-0.25, -0.2) is 0 Å². The van der Waals surface area contributed by atoms with Gasteiger partial charge in [-0.05, 0) is 36.6 Å². The van der Waals surface area contributed by atoms with Crippen LogP contribution >= 0.6 is 0 Å². The first-order chi connectivity index (χ1) is 13.3. The number of rotatable bonds is 10. The fourth-order valence-corrected chi connectivity index (χ4v) is 3.14. The summed E-state index contributed by atoms with van der Waals surface area (Å²) in [6.45, 7) is 4.70. The minimum atomic E-state index is -3.60. The molecule has 1 atom stereocenters. The van der Waals surface area contributed by atoms with E-state index in [0.717, 1.165) is 23.8 Å². The first-order valence-electron chi connectivity index (χ1n) is 9.18. The SMILES string of the molecule is CC[C@@H](C)N(Cc1cccc(OS(C)(=O)=O)c1)C(=O)COCc1ccccc1. The Morgan fingerprint density at radius 1 is 1.07 bits per heavy atom. The van der Waals surface area contributed by atoms with Crippen molar-refractivity contribution in [1.82, 2.24) is 4.90 Å². The molecule has 2 aromatic rings. The summed E-state index contributed by atoms with van der Waals surface area (Å²) in [5.41, 5.74) is 1.80. The summed E-state index contributed by atoms with van der Waals surface area (Å²) < 4.78 is 33.2. The molecule has 0 radical (unpaired) electrons. The quantitative estimate of drug-likeness (QED) is 0.567. The lowest BCUT2D eigenvalue weighted by Crippen LogP contribution is -2.40. The van der Waals surface area contributed by atoms with Crippen molar-refractivity contribution in [2.24, 2.45) is 0 Å². The van der Waals surface area contributed by atoms with Crippen molar-refractivity contribution in [1.29, 1.82) is 0 Å². The molecule has 6 nitrogen and oxygen atoms in total. The largest absolute Gasteiger partial charge is 0.383 e. The van der Waals surface area contributed by atoms with Crippen LogP contribution in [0, 0.1) is 0 Å². The zero-order valence-electron chi connectivity index (χ0n) is 16.5. The molecule has 0 aromatic heterocycles. The first kappa shape index (κ1) is 21.9. The second-order valence-electron chi connectivity index (χ2n) is 6.69. The predicted molar refractivity (Wildman–Crippen MR) is 108 cm³/mol. The van der Waals surface area contributed by atoms with Gasteiger partial charge in [-0.2, -0.15) is 8.42 Å². The molecule has 2 rings (SSSR count). The second-order valence-corrected chi connectivity index (χ2v) is 8.27. The van der Waals surface area contributed by atoms with Crippen molar-refractivity contribution in [2.45, 2.75) is 39.5 Å². The monoisotopic (exact) mass is 405 g/mol. The van der Waals surface area contributed by atoms with Crippen LogP contribution in [-0.2, 0) is 32.8 Å². The first-order valence-corrected chi connectivity index (χ1v) is 11.0. The van der Waals surface area contributed by atoms with Gasteiger partial charge in [0.1, 0.15) is 12.4 Å². The average Bonchev–Trinajstić information content (AvgIpc) is 2.65. The lowest BCUT2D eigenvalue weighted by Gasteiger charge is -2.29. The van der Waals surface area contributed by atoms with Gasteiger partial charge >= 0.3 is 10.1 Å². The van der Waals surface area contributed by atoms with Crippen molar-refractivity contribution in [3.63, 3.8) is 0 Å². The van der Waals surface area contributed by atoms with E-state index in [4.69, 9.17) is 8.92 Å². The summed E-state index contributed by atoms with van der Waals surface area (Å²) in [7, 11) is -3.60. The standard InChI is InChI=1S/C21H27NO5S/c1-4-17(2)22(21(23)16-26-15-18-9-6-5-7-10-18)14-19-11-8-12-20(13-19)27-28(3,24)25/h5-13,17H,4,14-16H2,1-3H3/t17-/m1/s1. The van der Waals surface area contributed by atoms with Crippen molar-refractivity contribution in [3.8, 4) is 5.75 Å². The molecule has 0 aliphatic carbocycles. The van der Waals surface area contributed by atoms with E-state index in [1.807, 2.05) is 50.2 Å². The molecule has 0 N–H and O–H groups in total. The summed E-state index contributed by atoms with van der Waals surface area (Å²) in [5, 5.41) is 0. The van der Waals surface area contributed by atoms with Crippen LogP contribution in [0.2, 0.25) is 0 Å². The van der Waals surface area contributed by atoms with Gasteiger partial charge in [-0.3, -0.25) is 4.79 Å². The highest BCUT2D eigenvalue weighted by Gasteiger charge is 2.20. The third-order valence-corrected chi connectivity index (χ3v) is 4.77. The molecule has 28 heavy (non-hydrogen) atoms. The van der Waals surface area contributed by atoms with Crippen molar-refractivity contribution in [2.75, 3.05) is 12.9 Å². The Morgan fingerprint density at radius 2 is 1.75 bits per heavy atom. The summed E-state index contributed by atoms with van der Waals surface area (Å²) in [4.78, 5) is 14.5. The number of benzene rings is 2. The lowest BCUT2D eigenvalue weighted by atomic mass is 10.1. The van der Waals surface area contributed by atoms with Crippen LogP contribution in [0.5, 0.6) is 5.75 Å².